The highest BCUT2D eigenvalue weighted by Crippen LogP contribution is 2.25. The fourth-order valence-electron chi connectivity index (χ4n) is 4.15. The van der Waals surface area contributed by atoms with Gasteiger partial charge in [0.2, 0.25) is 0 Å². The van der Waals surface area contributed by atoms with Crippen molar-refractivity contribution in [2.24, 2.45) is 0 Å². The lowest BCUT2D eigenvalue weighted by molar-refractivity contribution is -0.0453. The first-order valence-electron chi connectivity index (χ1n) is 8.05. The van der Waals surface area contributed by atoms with Crippen LogP contribution in [0.2, 0.25) is 0 Å². The van der Waals surface area contributed by atoms with Crippen molar-refractivity contribution >= 4 is 0 Å². The van der Waals surface area contributed by atoms with Crippen LogP contribution in [0.15, 0.2) is 18.2 Å². The van der Waals surface area contributed by atoms with Gasteiger partial charge in [-0.05, 0) is 42.4 Å². The van der Waals surface area contributed by atoms with Gasteiger partial charge in [0.15, 0.2) is 0 Å². The molecule has 0 amide bonds. The first kappa shape index (κ1) is 12.8. The molecule has 20 heavy (non-hydrogen) atoms. The van der Waals surface area contributed by atoms with Gasteiger partial charge in [0, 0.05) is 38.8 Å². The van der Waals surface area contributed by atoms with Crippen molar-refractivity contribution in [1.82, 2.24) is 9.80 Å². The lowest BCUT2D eigenvalue weighted by Gasteiger charge is -2.49. The van der Waals surface area contributed by atoms with Gasteiger partial charge in [-0.25, -0.2) is 0 Å². The zero-order chi connectivity index (χ0) is 13.5. The number of piperazine rings is 3. The molecular formula is C17H24N2O. The summed E-state index contributed by atoms with van der Waals surface area (Å²) in [4.78, 5) is 4.98. The molecule has 3 aliphatic heterocycles. The number of hydrogen-bond donors (Lipinski definition) is 1. The number of aliphatic hydroxyl groups excluding tert-OH is 1. The molecule has 1 aliphatic carbocycles. The van der Waals surface area contributed by atoms with Crippen LogP contribution in [0.4, 0.5) is 0 Å². The van der Waals surface area contributed by atoms with Crippen LogP contribution in [-0.2, 0) is 19.3 Å². The van der Waals surface area contributed by atoms with Gasteiger partial charge in [0.05, 0.1) is 6.10 Å². The molecule has 0 spiro atoms. The van der Waals surface area contributed by atoms with Gasteiger partial charge in [0.1, 0.15) is 0 Å². The zero-order valence-electron chi connectivity index (χ0n) is 12.1. The summed E-state index contributed by atoms with van der Waals surface area (Å²) in [7, 11) is 0. The molecule has 5 rings (SSSR count). The van der Waals surface area contributed by atoms with Gasteiger partial charge >= 0.3 is 0 Å². The van der Waals surface area contributed by atoms with Crippen molar-refractivity contribution in [3.63, 3.8) is 0 Å². The topological polar surface area (TPSA) is 26.7 Å². The Balaban J connectivity index is 1.46. The summed E-state index contributed by atoms with van der Waals surface area (Å²) in [6.45, 7) is 5.67. The van der Waals surface area contributed by atoms with Gasteiger partial charge in [-0.3, -0.25) is 9.80 Å². The second-order valence-corrected chi connectivity index (χ2v) is 6.63. The molecule has 1 aromatic carbocycles. The standard InChI is InChI=1S/C17H24N2O/c20-17(16-12-18-6-8-19(16)9-7-18)11-13-4-5-14-2-1-3-15(14)10-13/h4-5,10,16-17,20H,1-3,6-9,11-12H2. The Bertz CT molecular complexity index is 494. The lowest BCUT2D eigenvalue weighted by Crippen LogP contribution is -2.64. The Morgan fingerprint density at radius 2 is 1.90 bits per heavy atom. The van der Waals surface area contributed by atoms with Gasteiger partial charge in [-0.1, -0.05) is 18.2 Å². The van der Waals surface area contributed by atoms with Crippen molar-refractivity contribution in [2.45, 2.75) is 37.8 Å². The van der Waals surface area contributed by atoms with Crippen LogP contribution in [0.1, 0.15) is 23.1 Å². The average molecular weight is 272 g/mol. The molecule has 3 heteroatoms. The van der Waals surface area contributed by atoms with Crippen LogP contribution in [-0.4, -0.2) is 59.8 Å². The van der Waals surface area contributed by atoms with E-state index in [2.05, 4.69) is 28.0 Å². The summed E-state index contributed by atoms with van der Waals surface area (Å²) in [5.74, 6) is 0. The van der Waals surface area contributed by atoms with Crippen LogP contribution in [0.25, 0.3) is 0 Å². The molecule has 3 saturated heterocycles. The Morgan fingerprint density at radius 3 is 2.65 bits per heavy atom. The van der Waals surface area contributed by atoms with Crippen molar-refractivity contribution in [3.05, 3.63) is 34.9 Å². The highest BCUT2D eigenvalue weighted by atomic mass is 16.3. The number of nitrogens with zero attached hydrogens (tertiary/aromatic N) is 2. The first-order valence-corrected chi connectivity index (χ1v) is 8.05. The molecular weight excluding hydrogens is 248 g/mol. The number of aryl methyl sites for hydroxylation is 2. The molecule has 2 bridgehead atoms. The molecule has 3 fully saturated rings. The van der Waals surface area contributed by atoms with Crippen LogP contribution in [0.3, 0.4) is 0 Å². The van der Waals surface area contributed by atoms with Gasteiger partial charge in [-0.2, -0.15) is 0 Å². The number of rotatable bonds is 3. The van der Waals surface area contributed by atoms with Crippen molar-refractivity contribution in [2.75, 3.05) is 32.7 Å². The number of benzene rings is 1. The molecule has 2 atom stereocenters. The van der Waals surface area contributed by atoms with E-state index in [4.69, 9.17) is 0 Å². The van der Waals surface area contributed by atoms with Crippen LogP contribution in [0.5, 0.6) is 0 Å². The second kappa shape index (κ2) is 5.14. The second-order valence-electron chi connectivity index (χ2n) is 6.63. The molecule has 4 aliphatic rings. The van der Waals surface area contributed by atoms with Crippen molar-refractivity contribution < 1.29 is 5.11 Å². The highest BCUT2D eigenvalue weighted by molar-refractivity contribution is 5.35. The molecule has 3 heterocycles. The van der Waals surface area contributed by atoms with E-state index in [-0.39, 0.29) is 6.10 Å². The maximum atomic E-state index is 10.6. The third kappa shape index (κ3) is 2.28. The summed E-state index contributed by atoms with van der Waals surface area (Å²) in [6.07, 6.45) is 4.35. The molecule has 0 aromatic heterocycles. The molecule has 2 unspecified atom stereocenters. The van der Waals surface area contributed by atoms with Crippen LogP contribution in [0, 0.1) is 0 Å². The lowest BCUT2D eigenvalue weighted by atomic mass is 9.95. The van der Waals surface area contributed by atoms with Crippen molar-refractivity contribution in [3.8, 4) is 0 Å². The minimum absolute atomic E-state index is 0.224. The molecule has 108 valence electrons. The number of fused-ring (bicyclic) bond motifs is 4. The van der Waals surface area contributed by atoms with E-state index in [9.17, 15) is 5.11 Å². The van der Waals surface area contributed by atoms with Crippen LogP contribution >= 0.6 is 0 Å². The third-order valence-electron chi connectivity index (χ3n) is 5.37. The third-order valence-corrected chi connectivity index (χ3v) is 5.37. The molecule has 1 aromatic rings. The normalized spacial score (nSPS) is 33.1. The van der Waals surface area contributed by atoms with Gasteiger partial charge < -0.3 is 5.11 Å². The Labute approximate surface area is 121 Å². The van der Waals surface area contributed by atoms with Crippen LogP contribution < -0.4 is 0 Å². The molecule has 0 saturated carbocycles. The Hall–Kier alpha value is -0.900. The Kier molecular flexibility index (Phi) is 3.29. The molecule has 1 N–H and O–H groups in total. The maximum absolute atomic E-state index is 10.6. The summed E-state index contributed by atoms with van der Waals surface area (Å²) in [6, 6.07) is 7.18. The quantitative estimate of drug-likeness (QED) is 0.892. The van der Waals surface area contributed by atoms with E-state index < -0.39 is 0 Å². The predicted molar refractivity (Wildman–Crippen MR) is 80.0 cm³/mol. The average Bonchev–Trinajstić information content (AvgIpc) is 2.96. The van der Waals surface area contributed by atoms with E-state index in [1.165, 1.54) is 49.0 Å². The number of hydrogen-bond acceptors (Lipinski definition) is 3. The van der Waals surface area contributed by atoms with Gasteiger partial charge in [0.25, 0.3) is 0 Å². The van der Waals surface area contributed by atoms with Crippen molar-refractivity contribution in [1.29, 1.82) is 0 Å². The van der Waals surface area contributed by atoms with E-state index in [1.54, 1.807) is 0 Å². The fourth-order valence-corrected chi connectivity index (χ4v) is 4.15. The Morgan fingerprint density at radius 1 is 1.10 bits per heavy atom. The summed E-state index contributed by atoms with van der Waals surface area (Å²) < 4.78 is 0. The highest BCUT2D eigenvalue weighted by Gasteiger charge is 2.35. The van der Waals surface area contributed by atoms with E-state index in [0.29, 0.717) is 6.04 Å². The minimum Gasteiger partial charge on any atom is -0.391 e. The largest absolute Gasteiger partial charge is 0.391 e. The zero-order valence-corrected chi connectivity index (χ0v) is 12.1. The number of aliphatic hydroxyl groups is 1. The fraction of sp³-hybridized carbons (Fsp3) is 0.647. The first-order chi connectivity index (χ1) is 9.79. The summed E-state index contributed by atoms with van der Waals surface area (Å²) in [5, 5.41) is 10.6. The maximum Gasteiger partial charge on any atom is 0.0748 e. The smallest absolute Gasteiger partial charge is 0.0748 e. The monoisotopic (exact) mass is 272 g/mol. The summed E-state index contributed by atoms with van der Waals surface area (Å²) in [5.41, 5.74) is 4.36. The summed E-state index contributed by atoms with van der Waals surface area (Å²) >= 11 is 0. The van der Waals surface area contributed by atoms with E-state index in [1.807, 2.05) is 0 Å². The SMILES string of the molecule is OC(Cc1ccc2c(c1)CCC2)C1CN2CCN1CC2. The minimum atomic E-state index is -0.224. The van der Waals surface area contributed by atoms with E-state index >= 15 is 0 Å². The van der Waals surface area contributed by atoms with E-state index in [0.717, 1.165) is 26.1 Å². The molecule has 3 nitrogen and oxygen atoms in total. The molecule has 0 radical (unpaired) electrons. The predicted octanol–water partition coefficient (Wildman–Crippen LogP) is 1.08. The van der Waals surface area contributed by atoms with Gasteiger partial charge in [-0.15, -0.1) is 0 Å².